The lowest BCUT2D eigenvalue weighted by Crippen LogP contribution is -2.05. The van der Waals surface area contributed by atoms with Gasteiger partial charge in [-0.2, -0.15) is 0 Å². The fourth-order valence-electron chi connectivity index (χ4n) is 1.60. The highest BCUT2D eigenvalue weighted by Crippen LogP contribution is 2.19. The molecule has 2 N–H and O–H groups in total. The number of anilines is 1. The predicted octanol–water partition coefficient (Wildman–Crippen LogP) is 1.22. The van der Waals surface area contributed by atoms with E-state index < -0.39 is 0 Å². The third-order valence-electron chi connectivity index (χ3n) is 2.35. The number of hydrogen-bond acceptors (Lipinski definition) is 3. The quantitative estimate of drug-likeness (QED) is 0.648. The van der Waals surface area contributed by atoms with Crippen molar-refractivity contribution in [2.24, 2.45) is 0 Å². The van der Waals surface area contributed by atoms with Gasteiger partial charge in [-0.25, -0.2) is 0 Å². The SMILES string of the molecule is C1COCN1.c1ccc2c(c1)CCN2. The molecule has 3 nitrogen and oxygen atoms in total. The van der Waals surface area contributed by atoms with Crippen LogP contribution in [-0.4, -0.2) is 26.4 Å². The molecule has 14 heavy (non-hydrogen) atoms. The summed E-state index contributed by atoms with van der Waals surface area (Å²) in [6.07, 6.45) is 1.19. The van der Waals surface area contributed by atoms with Gasteiger partial charge in [0.05, 0.1) is 13.3 Å². The molecule has 0 saturated carbocycles. The van der Waals surface area contributed by atoms with Crippen LogP contribution in [0.25, 0.3) is 0 Å². The fourth-order valence-corrected chi connectivity index (χ4v) is 1.60. The summed E-state index contributed by atoms with van der Waals surface area (Å²) in [6.45, 7) is 3.78. The minimum absolute atomic E-state index is 0.750. The molecule has 2 aliphatic heterocycles. The van der Waals surface area contributed by atoms with Crippen molar-refractivity contribution in [2.45, 2.75) is 6.42 Å². The molecule has 0 bridgehead atoms. The molecule has 1 aromatic carbocycles. The van der Waals surface area contributed by atoms with Gasteiger partial charge in [0.15, 0.2) is 0 Å². The van der Waals surface area contributed by atoms with Crippen LogP contribution < -0.4 is 10.6 Å². The fraction of sp³-hybridized carbons (Fsp3) is 0.455. The van der Waals surface area contributed by atoms with Crippen LogP contribution in [-0.2, 0) is 11.2 Å². The minimum atomic E-state index is 0.750. The number of fused-ring (bicyclic) bond motifs is 1. The first kappa shape index (κ1) is 9.49. The molecule has 0 unspecified atom stereocenters. The van der Waals surface area contributed by atoms with E-state index in [0.717, 1.165) is 26.4 Å². The molecule has 3 rings (SSSR count). The summed E-state index contributed by atoms with van der Waals surface area (Å²) in [5.74, 6) is 0. The first-order chi connectivity index (χ1) is 6.97. The zero-order chi connectivity index (χ0) is 9.64. The molecule has 0 aliphatic carbocycles. The average molecular weight is 192 g/mol. The molecule has 0 atom stereocenters. The summed E-state index contributed by atoms with van der Waals surface area (Å²) in [5.41, 5.74) is 2.77. The number of nitrogens with one attached hydrogen (secondary N) is 2. The van der Waals surface area contributed by atoms with Gasteiger partial charge >= 0.3 is 0 Å². The van der Waals surface area contributed by atoms with Crippen molar-refractivity contribution in [3.05, 3.63) is 29.8 Å². The molecule has 0 amide bonds. The van der Waals surface area contributed by atoms with Gasteiger partial charge in [0, 0.05) is 18.8 Å². The monoisotopic (exact) mass is 192 g/mol. The van der Waals surface area contributed by atoms with E-state index in [1.807, 2.05) is 0 Å². The Morgan fingerprint density at radius 3 is 2.71 bits per heavy atom. The van der Waals surface area contributed by atoms with E-state index in [0.29, 0.717) is 0 Å². The van der Waals surface area contributed by atoms with Crippen molar-refractivity contribution in [3.8, 4) is 0 Å². The third kappa shape index (κ3) is 2.47. The molecule has 1 aromatic rings. The molecule has 76 valence electrons. The van der Waals surface area contributed by atoms with Gasteiger partial charge in [0.2, 0.25) is 0 Å². The van der Waals surface area contributed by atoms with Crippen LogP contribution in [0.5, 0.6) is 0 Å². The molecule has 3 heteroatoms. The summed E-state index contributed by atoms with van der Waals surface area (Å²) in [5, 5.41) is 6.30. The summed E-state index contributed by atoms with van der Waals surface area (Å²) >= 11 is 0. The lowest BCUT2D eigenvalue weighted by atomic mass is 10.2. The summed E-state index contributed by atoms with van der Waals surface area (Å²) < 4.78 is 4.83. The maximum absolute atomic E-state index is 4.83. The average Bonchev–Trinajstić information content (AvgIpc) is 2.92. The second kappa shape index (κ2) is 4.98. The van der Waals surface area contributed by atoms with Crippen LogP contribution in [0.1, 0.15) is 5.56 Å². The molecular weight excluding hydrogens is 176 g/mol. The van der Waals surface area contributed by atoms with E-state index in [9.17, 15) is 0 Å². The van der Waals surface area contributed by atoms with Gasteiger partial charge < -0.3 is 10.1 Å². The largest absolute Gasteiger partial charge is 0.384 e. The van der Waals surface area contributed by atoms with Gasteiger partial charge in [-0.05, 0) is 18.1 Å². The van der Waals surface area contributed by atoms with Crippen molar-refractivity contribution >= 4 is 5.69 Å². The van der Waals surface area contributed by atoms with Crippen molar-refractivity contribution in [1.29, 1.82) is 0 Å². The van der Waals surface area contributed by atoms with Crippen LogP contribution >= 0.6 is 0 Å². The van der Waals surface area contributed by atoms with Crippen molar-refractivity contribution in [3.63, 3.8) is 0 Å². The zero-order valence-corrected chi connectivity index (χ0v) is 8.25. The Hall–Kier alpha value is -1.06. The third-order valence-corrected chi connectivity index (χ3v) is 2.35. The Labute approximate surface area is 84.5 Å². The molecule has 0 aromatic heterocycles. The standard InChI is InChI=1S/C8H9N.C3H7NO/c1-2-4-8-7(3-1)5-6-9-8;1-2-5-3-4-1/h1-4,9H,5-6H2;4H,1-3H2. The van der Waals surface area contributed by atoms with E-state index in [-0.39, 0.29) is 0 Å². The zero-order valence-electron chi connectivity index (χ0n) is 8.25. The van der Waals surface area contributed by atoms with E-state index in [4.69, 9.17) is 4.74 Å². The molecule has 1 saturated heterocycles. The topological polar surface area (TPSA) is 33.3 Å². The Balaban J connectivity index is 0.000000128. The molecule has 2 aliphatic rings. The normalized spacial score (nSPS) is 18.0. The Morgan fingerprint density at radius 2 is 2.07 bits per heavy atom. The van der Waals surface area contributed by atoms with Gasteiger partial charge in [0.1, 0.15) is 0 Å². The van der Waals surface area contributed by atoms with E-state index in [2.05, 4.69) is 34.9 Å². The van der Waals surface area contributed by atoms with Crippen molar-refractivity contribution < 1.29 is 4.74 Å². The number of rotatable bonds is 0. The number of ether oxygens (including phenoxy) is 1. The second-order valence-corrected chi connectivity index (χ2v) is 3.39. The summed E-state index contributed by atoms with van der Waals surface area (Å²) in [7, 11) is 0. The minimum Gasteiger partial charge on any atom is -0.384 e. The highest BCUT2D eigenvalue weighted by atomic mass is 16.5. The highest BCUT2D eigenvalue weighted by molar-refractivity contribution is 5.54. The number of benzene rings is 1. The molecule has 1 fully saturated rings. The lowest BCUT2D eigenvalue weighted by Gasteiger charge is -1.94. The van der Waals surface area contributed by atoms with Crippen LogP contribution in [0.15, 0.2) is 24.3 Å². The first-order valence-electron chi connectivity index (χ1n) is 5.07. The highest BCUT2D eigenvalue weighted by Gasteiger charge is 2.05. The summed E-state index contributed by atoms with van der Waals surface area (Å²) in [4.78, 5) is 0. The molecule has 0 radical (unpaired) electrons. The Bertz CT molecular complexity index is 254. The van der Waals surface area contributed by atoms with Crippen LogP contribution in [0, 0.1) is 0 Å². The van der Waals surface area contributed by atoms with Crippen molar-refractivity contribution in [2.75, 3.05) is 31.7 Å². The molecular formula is C11H16N2O. The van der Waals surface area contributed by atoms with Crippen LogP contribution in [0.2, 0.25) is 0 Å². The Kier molecular flexibility index (Phi) is 3.38. The number of hydrogen-bond donors (Lipinski definition) is 2. The summed E-state index contributed by atoms with van der Waals surface area (Å²) in [6, 6.07) is 8.46. The Morgan fingerprint density at radius 1 is 1.14 bits per heavy atom. The molecule has 2 heterocycles. The molecule has 0 spiro atoms. The number of para-hydroxylation sites is 1. The first-order valence-corrected chi connectivity index (χ1v) is 5.07. The van der Waals surface area contributed by atoms with Crippen LogP contribution in [0.4, 0.5) is 5.69 Å². The smallest absolute Gasteiger partial charge is 0.0966 e. The van der Waals surface area contributed by atoms with Gasteiger partial charge in [-0.15, -0.1) is 0 Å². The van der Waals surface area contributed by atoms with E-state index >= 15 is 0 Å². The lowest BCUT2D eigenvalue weighted by molar-refractivity contribution is 0.194. The van der Waals surface area contributed by atoms with Crippen molar-refractivity contribution in [1.82, 2.24) is 5.32 Å². The maximum Gasteiger partial charge on any atom is 0.0966 e. The van der Waals surface area contributed by atoms with Crippen LogP contribution in [0.3, 0.4) is 0 Å². The van der Waals surface area contributed by atoms with E-state index in [1.54, 1.807) is 0 Å². The predicted molar refractivity (Wildman–Crippen MR) is 57.5 cm³/mol. The van der Waals surface area contributed by atoms with Gasteiger partial charge in [0.25, 0.3) is 0 Å². The maximum atomic E-state index is 4.83. The second-order valence-electron chi connectivity index (χ2n) is 3.39. The van der Waals surface area contributed by atoms with Gasteiger partial charge in [-0.1, -0.05) is 18.2 Å². The van der Waals surface area contributed by atoms with Gasteiger partial charge in [-0.3, -0.25) is 5.32 Å². The van der Waals surface area contributed by atoms with E-state index in [1.165, 1.54) is 17.7 Å².